The molecule has 88 valence electrons. The van der Waals surface area contributed by atoms with E-state index in [2.05, 4.69) is 4.74 Å². The minimum Gasteiger partial charge on any atom is -0.469 e. The second-order valence-electron chi connectivity index (χ2n) is 4.14. The van der Waals surface area contributed by atoms with E-state index in [-0.39, 0.29) is 18.5 Å². The summed E-state index contributed by atoms with van der Waals surface area (Å²) in [5.41, 5.74) is 0.773. The number of methoxy groups -OCH3 is 1. The Morgan fingerprint density at radius 1 is 1.69 bits per heavy atom. The van der Waals surface area contributed by atoms with Crippen molar-refractivity contribution in [2.24, 2.45) is 17.8 Å². The molecule has 1 N–H and O–H groups in total. The molecule has 1 saturated heterocycles. The van der Waals surface area contributed by atoms with E-state index in [1.165, 1.54) is 7.11 Å². The fourth-order valence-electron chi connectivity index (χ4n) is 2.45. The molecular formula is C11H14O5. The van der Waals surface area contributed by atoms with Crippen molar-refractivity contribution in [3.05, 3.63) is 11.6 Å². The van der Waals surface area contributed by atoms with Crippen LogP contribution in [0.1, 0.15) is 6.42 Å². The van der Waals surface area contributed by atoms with Crippen molar-refractivity contribution in [1.29, 1.82) is 0 Å². The average Bonchev–Trinajstić information content (AvgIpc) is 2.69. The molecule has 1 heterocycles. The van der Waals surface area contributed by atoms with E-state index in [0.29, 0.717) is 13.0 Å². The third kappa shape index (κ3) is 1.71. The Balaban J connectivity index is 2.27. The summed E-state index contributed by atoms with van der Waals surface area (Å²) in [4.78, 5) is 23.1. The lowest BCUT2D eigenvalue weighted by Crippen LogP contribution is -2.35. The van der Waals surface area contributed by atoms with E-state index in [9.17, 15) is 9.59 Å². The van der Waals surface area contributed by atoms with E-state index in [1.807, 2.05) is 6.08 Å². The zero-order valence-electron chi connectivity index (χ0n) is 9.01. The quantitative estimate of drug-likeness (QED) is 0.525. The van der Waals surface area contributed by atoms with Crippen LogP contribution in [0.5, 0.6) is 0 Å². The predicted molar refractivity (Wildman–Crippen MR) is 53.2 cm³/mol. The number of hydrogen-bond donors (Lipinski definition) is 1. The van der Waals surface area contributed by atoms with Gasteiger partial charge in [-0.2, -0.15) is 0 Å². The second kappa shape index (κ2) is 4.25. The molecule has 1 aliphatic carbocycles. The summed E-state index contributed by atoms with van der Waals surface area (Å²) in [6.07, 6.45) is 2.22. The first-order valence-electron chi connectivity index (χ1n) is 5.22. The number of fused-ring (bicyclic) bond motifs is 1. The van der Waals surface area contributed by atoms with Crippen LogP contribution in [-0.4, -0.2) is 37.4 Å². The van der Waals surface area contributed by atoms with Crippen LogP contribution in [0.25, 0.3) is 0 Å². The number of carbonyl (C=O) groups excluding carboxylic acids is 2. The zero-order chi connectivity index (χ0) is 11.7. The lowest BCUT2D eigenvalue weighted by Gasteiger charge is -2.27. The number of ether oxygens (including phenoxy) is 2. The molecule has 0 aromatic rings. The third-order valence-electron chi connectivity index (χ3n) is 3.22. The minimum atomic E-state index is -0.517. The highest BCUT2D eigenvalue weighted by atomic mass is 16.5. The van der Waals surface area contributed by atoms with E-state index < -0.39 is 17.8 Å². The Kier molecular flexibility index (Phi) is 2.96. The van der Waals surface area contributed by atoms with Gasteiger partial charge < -0.3 is 14.6 Å². The Morgan fingerprint density at radius 3 is 3.06 bits per heavy atom. The number of carbonyl (C=O) groups is 2. The van der Waals surface area contributed by atoms with Gasteiger partial charge in [-0.25, -0.2) is 0 Å². The molecule has 5 heteroatoms. The van der Waals surface area contributed by atoms with Gasteiger partial charge in [0.15, 0.2) is 0 Å². The Hall–Kier alpha value is -1.36. The highest BCUT2D eigenvalue weighted by Gasteiger charge is 2.47. The molecular weight excluding hydrogens is 212 g/mol. The maximum Gasteiger partial charge on any atom is 0.310 e. The molecule has 1 aliphatic heterocycles. The summed E-state index contributed by atoms with van der Waals surface area (Å²) < 4.78 is 9.63. The average molecular weight is 226 g/mol. The van der Waals surface area contributed by atoms with Gasteiger partial charge in [0.25, 0.3) is 0 Å². The first kappa shape index (κ1) is 11.1. The molecule has 0 aromatic heterocycles. The van der Waals surface area contributed by atoms with Gasteiger partial charge in [-0.15, -0.1) is 0 Å². The molecule has 0 unspecified atom stereocenters. The van der Waals surface area contributed by atoms with Crippen LogP contribution in [0.15, 0.2) is 11.6 Å². The highest BCUT2D eigenvalue weighted by Crippen LogP contribution is 2.39. The second-order valence-corrected chi connectivity index (χ2v) is 4.14. The molecule has 0 spiro atoms. The van der Waals surface area contributed by atoms with E-state index in [4.69, 9.17) is 9.84 Å². The van der Waals surface area contributed by atoms with Crippen molar-refractivity contribution in [3.8, 4) is 0 Å². The SMILES string of the molecule is COC(=O)[C@@H]1CC(CO)=C[C@@H]2COC(=O)[C@H]21. The molecule has 16 heavy (non-hydrogen) atoms. The van der Waals surface area contributed by atoms with Gasteiger partial charge in [0.2, 0.25) is 0 Å². The van der Waals surface area contributed by atoms with Gasteiger partial charge in [0, 0.05) is 5.92 Å². The van der Waals surface area contributed by atoms with Crippen LogP contribution < -0.4 is 0 Å². The van der Waals surface area contributed by atoms with Crippen molar-refractivity contribution in [2.75, 3.05) is 20.3 Å². The van der Waals surface area contributed by atoms with Crippen molar-refractivity contribution in [3.63, 3.8) is 0 Å². The number of cyclic esters (lactones) is 1. The van der Waals surface area contributed by atoms with Crippen molar-refractivity contribution < 1.29 is 24.2 Å². The molecule has 0 bridgehead atoms. The van der Waals surface area contributed by atoms with Crippen LogP contribution in [-0.2, 0) is 19.1 Å². The Morgan fingerprint density at radius 2 is 2.44 bits per heavy atom. The van der Waals surface area contributed by atoms with Crippen LogP contribution in [0.2, 0.25) is 0 Å². The number of esters is 2. The van der Waals surface area contributed by atoms with Crippen LogP contribution >= 0.6 is 0 Å². The maximum atomic E-state index is 11.6. The first-order valence-corrected chi connectivity index (χ1v) is 5.22. The fourth-order valence-corrected chi connectivity index (χ4v) is 2.45. The highest BCUT2D eigenvalue weighted by molar-refractivity contribution is 5.84. The number of aliphatic hydroxyl groups excluding tert-OH is 1. The molecule has 5 nitrogen and oxygen atoms in total. The number of hydrogen-bond acceptors (Lipinski definition) is 5. The van der Waals surface area contributed by atoms with Crippen molar-refractivity contribution >= 4 is 11.9 Å². The van der Waals surface area contributed by atoms with Crippen LogP contribution in [0.4, 0.5) is 0 Å². The molecule has 0 aromatic carbocycles. The lowest BCUT2D eigenvalue weighted by molar-refractivity contribution is -0.154. The Labute approximate surface area is 93.0 Å². The number of aliphatic hydroxyl groups is 1. The van der Waals surface area contributed by atoms with Crippen LogP contribution in [0.3, 0.4) is 0 Å². The van der Waals surface area contributed by atoms with Crippen molar-refractivity contribution in [1.82, 2.24) is 0 Å². The van der Waals surface area contributed by atoms with Gasteiger partial charge in [-0.3, -0.25) is 9.59 Å². The normalized spacial score (nSPS) is 32.8. The third-order valence-corrected chi connectivity index (χ3v) is 3.22. The molecule has 0 radical (unpaired) electrons. The summed E-state index contributed by atoms with van der Waals surface area (Å²) in [7, 11) is 1.30. The molecule has 0 saturated carbocycles. The first-order chi connectivity index (χ1) is 7.67. The fraction of sp³-hybridized carbons (Fsp3) is 0.636. The standard InChI is InChI=1S/C11H14O5/c1-15-10(13)8-3-6(4-12)2-7-5-16-11(14)9(7)8/h2,7-9,12H,3-5H2,1H3/t7-,8-,9-/m1/s1. The molecule has 1 fully saturated rings. The summed E-state index contributed by atoms with van der Waals surface area (Å²) in [5, 5.41) is 9.10. The largest absolute Gasteiger partial charge is 0.469 e. The van der Waals surface area contributed by atoms with Gasteiger partial charge in [0.1, 0.15) is 0 Å². The summed E-state index contributed by atoms with van der Waals surface area (Å²) in [6, 6.07) is 0. The number of rotatable bonds is 2. The van der Waals surface area contributed by atoms with E-state index >= 15 is 0 Å². The van der Waals surface area contributed by atoms with Crippen molar-refractivity contribution in [2.45, 2.75) is 6.42 Å². The smallest absolute Gasteiger partial charge is 0.310 e. The topological polar surface area (TPSA) is 72.8 Å². The van der Waals surface area contributed by atoms with Crippen LogP contribution in [0, 0.1) is 17.8 Å². The molecule has 2 aliphatic rings. The lowest BCUT2D eigenvalue weighted by atomic mass is 9.74. The van der Waals surface area contributed by atoms with Gasteiger partial charge in [-0.1, -0.05) is 6.08 Å². The van der Waals surface area contributed by atoms with Gasteiger partial charge in [0.05, 0.1) is 32.2 Å². The Bertz CT molecular complexity index is 346. The van der Waals surface area contributed by atoms with Gasteiger partial charge in [-0.05, 0) is 12.0 Å². The molecule has 3 atom stereocenters. The predicted octanol–water partition coefficient (Wildman–Crippen LogP) is -0.113. The summed E-state index contributed by atoms with van der Waals surface area (Å²) in [6.45, 7) is 0.200. The monoisotopic (exact) mass is 226 g/mol. The van der Waals surface area contributed by atoms with E-state index in [1.54, 1.807) is 0 Å². The summed E-state index contributed by atoms with van der Waals surface area (Å²) in [5.74, 6) is -1.81. The maximum absolute atomic E-state index is 11.6. The summed E-state index contributed by atoms with van der Waals surface area (Å²) >= 11 is 0. The minimum absolute atomic E-state index is 0.0924. The molecule has 0 amide bonds. The van der Waals surface area contributed by atoms with E-state index in [0.717, 1.165) is 5.57 Å². The van der Waals surface area contributed by atoms with Gasteiger partial charge >= 0.3 is 11.9 Å². The zero-order valence-corrected chi connectivity index (χ0v) is 9.01. The molecule has 2 rings (SSSR count).